The van der Waals surface area contributed by atoms with E-state index < -0.39 is 5.97 Å². The van der Waals surface area contributed by atoms with Gasteiger partial charge in [0.05, 0.1) is 7.11 Å². The molecule has 0 atom stereocenters. The number of methoxy groups -OCH3 is 1. The summed E-state index contributed by atoms with van der Waals surface area (Å²) >= 11 is 5.42. The summed E-state index contributed by atoms with van der Waals surface area (Å²) in [6, 6.07) is 4.13. The maximum atomic E-state index is 11.3. The number of halogens is 1. The van der Waals surface area contributed by atoms with Crippen LogP contribution in [-0.2, 0) is 9.53 Å². The topological polar surface area (TPSA) is 75.6 Å². The molecule has 5 nitrogen and oxygen atoms in total. The number of nitrogens with one attached hydrogen (secondary N) is 1. The van der Waals surface area contributed by atoms with Crippen LogP contribution >= 0.6 is 11.6 Å². The monoisotopic (exact) mass is 257 g/mol. The summed E-state index contributed by atoms with van der Waals surface area (Å²) < 4.78 is 4.49. The largest absolute Gasteiger partial charge is 0.507 e. The number of hydrogen-bond acceptors (Lipinski definition) is 4. The van der Waals surface area contributed by atoms with Crippen molar-refractivity contribution in [3.8, 4) is 5.75 Å². The molecule has 0 aliphatic rings. The molecular formula is C11H12ClNO4. The Hall–Kier alpha value is -1.75. The molecule has 0 saturated heterocycles. The molecule has 2 N–H and O–H groups in total. The van der Waals surface area contributed by atoms with Gasteiger partial charge in [0.25, 0.3) is 0 Å². The van der Waals surface area contributed by atoms with Gasteiger partial charge in [-0.25, -0.2) is 4.79 Å². The van der Waals surface area contributed by atoms with Crippen molar-refractivity contribution in [2.24, 2.45) is 0 Å². The number of benzene rings is 1. The summed E-state index contributed by atoms with van der Waals surface area (Å²) in [5, 5.41) is 12.0. The molecule has 1 aromatic carbocycles. The molecule has 17 heavy (non-hydrogen) atoms. The number of ether oxygens (including phenoxy) is 1. The van der Waals surface area contributed by atoms with Gasteiger partial charge in [0.1, 0.15) is 11.3 Å². The number of amides is 1. The summed E-state index contributed by atoms with van der Waals surface area (Å²) in [5.41, 5.74) is 0.398. The number of hydrogen-bond donors (Lipinski definition) is 2. The number of carbonyl (C=O) groups is 2. The Labute approximate surface area is 103 Å². The standard InChI is InChI=1S/C11H12ClNO4/c1-17-11(16)8-6-7(2-3-9(8)14)13-10(15)4-5-12/h2-3,6,14H,4-5H2,1H3,(H,13,15). The molecule has 0 bridgehead atoms. The highest BCUT2D eigenvalue weighted by Gasteiger charge is 2.12. The van der Waals surface area contributed by atoms with Crippen molar-refractivity contribution in [1.29, 1.82) is 0 Å². The molecule has 0 heterocycles. The lowest BCUT2D eigenvalue weighted by Crippen LogP contribution is -2.12. The summed E-state index contributed by atoms with van der Waals surface area (Å²) in [6.07, 6.45) is 0.177. The van der Waals surface area contributed by atoms with Crippen molar-refractivity contribution in [1.82, 2.24) is 0 Å². The minimum absolute atomic E-state index is 0.00354. The van der Waals surface area contributed by atoms with Gasteiger partial charge >= 0.3 is 5.97 Å². The molecular weight excluding hydrogens is 246 g/mol. The average molecular weight is 258 g/mol. The molecule has 1 rings (SSSR count). The van der Waals surface area contributed by atoms with Gasteiger partial charge in [0.2, 0.25) is 5.91 Å². The predicted octanol–water partition coefficient (Wildman–Crippen LogP) is 1.75. The van der Waals surface area contributed by atoms with Crippen LogP contribution in [0.5, 0.6) is 5.75 Å². The summed E-state index contributed by atoms with van der Waals surface area (Å²) in [4.78, 5) is 22.6. The predicted molar refractivity (Wildman–Crippen MR) is 63.4 cm³/mol. The Kier molecular flexibility index (Phi) is 4.78. The highest BCUT2D eigenvalue weighted by atomic mass is 35.5. The van der Waals surface area contributed by atoms with Crippen molar-refractivity contribution in [3.05, 3.63) is 23.8 Å². The van der Waals surface area contributed by atoms with E-state index in [0.29, 0.717) is 5.69 Å². The highest BCUT2D eigenvalue weighted by molar-refractivity contribution is 6.19. The van der Waals surface area contributed by atoms with Crippen molar-refractivity contribution in [2.75, 3.05) is 18.3 Å². The highest BCUT2D eigenvalue weighted by Crippen LogP contribution is 2.22. The first-order chi connectivity index (χ1) is 8.08. The first kappa shape index (κ1) is 13.3. The van der Waals surface area contributed by atoms with Gasteiger partial charge in [0.15, 0.2) is 0 Å². The fourth-order valence-electron chi connectivity index (χ4n) is 1.20. The number of aromatic hydroxyl groups is 1. The minimum atomic E-state index is -0.670. The number of phenols is 1. The maximum absolute atomic E-state index is 11.3. The second kappa shape index (κ2) is 6.10. The Morgan fingerprint density at radius 3 is 2.76 bits per heavy atom. The van der Waals surface area contributed by atoms with E-state index in [9.17, 15) is 14.7 Å². The zero-order chi connectivity index (χ0) is 12.8. The molecule has 6 heteroatoms. The average Bonchev–Trinajstić information content (AvgIpc) is 2.31. The number of alkyl halides is 1. The Morgan fingerprint density at radius 1 is 1.47 bits per heavy atom. The molecule has 1 aromatic rings. The van der Waals surface area contributed by atoms with E-state index >= 15 is 0 Å². The van der Waals surface area contributed by atoms with Crippen LogP contribution in [0.15, 0.2) is 18.2 Å². The van der Waals surface area contributed by atoms with Gasteiger partial charge in [0, 0.05) is 18.0 Å². The van der Waals surface area contributed by atoms with Crippen molar-refractivity contribution in [2.45, 2.75) is 6.42 Å². The van der Waals surface area contributed by atoms with E-state index in [-0.39, 0.29) is 29.5 Å². The number of carbonyl (C=O) groups excluding carboxylic acids is 2. The molecule has 0 fully saturated rings. The van der Waals surface area contributed by atoms with E-state index in [0.717, 1.165) is 0 Å². The SMILES string of the molecule is COC(=O)c1cc(NC(=O)CCCl)ccc1O. The number of anilines is 1. The quantitative estimate of drug-likeness (QED) is 0.489. The number of rotatable bonds is 4. The Balaban J connectivity index is 2.89. The van der Waals surface area contributed by atoms with Crippen LogP contribution in [0.1, 0.15) is 16.8 Å². The van der Waals surface area contributed by atoms with Crippen LogP contribution in [0.4, 0.5) is 5.69 Å². The van der Waals surface area contributed by atoms with E-state index in [1.165, 1.54) is 25.3 Å². The maximum Gasteiger partial charge on any atom is 0.341 e. The van der Waals surface area contributed by atoms with Crippen LogP contribution in [0.3, 0.4) is 0 Å². The molecule has 0 unspecified atom stereocenters. The second-order valence-corrected chi connectivity index (χ2v) is 3.59. The van der Waals surface area contributed by atoms with Crippen molar-refractivity contribution in [3.63, 3.8) is 0 Å². The molecule has 0 radical (unpaired) electrons. The second-order valence-electron chi connectivity index (χ2n) is 3.21. The van der Waals surface area contributed by atoms with E-state index in [1.54, 1.807) is 0 Å². The number of esters is 1. The van der Waals surface area contributed by atoms with E-state index in [1.807, 2.05) is 0 Å². The lowest BCUT2D eigenvalue weighted by Gasteiger charge is -2.07. The smallest absolute Gasteiger partial charge is 0.341 e. The number of phenolic OH excluding ortho intramolecular Hbond substituents is 1. The summed E-state index contributed by atoms with van der Waals surface area (Å²) in [6.45, 7) is 0. The molecule has 1 amide bonds. The van der Waals surface area contributed by atoms with Gasteiger partial charge in [-0.05, 0) is 18.2 Å². The van der Waals surface area contributed by atoms with Gasteiger partial charge in [-0.2, -0.15) is 0 Å². The van der Waals surface area contributed by atoms with Gasteiger partial charge in [-0.1, -0.05) is 0 Å². The van der Waals surface area contributed by atoms with Crippen LogP contribution in [-0.4, -0.2) is 30.0 Å². The van der Waals surface area contributed by atoms with E-state index in [2.05, 4.69) is 10.1 Å². The molecule has 0 spiro atoms. The molecule has 0 aromatic heterocycles. The van der Waals surface area contributed by atoms with Crippen molar-refractivity contribution < 1.29 is 19.4 Å². The Morgan fingerprint density at radius 2 is 2.18 bits per heavy atom. The normalized spacial score (nSPS) is 9.76. The fraction of sp³-hybridized carbons (Fsp3) is 0.273. The fourth-order valence-corrected chi connectivity index (χ4v) is 1.37. The zero-order valence-electron chi connectivity index (χ0n) is 9.20. The first-order valence-corrected chi connectivity index (χ1v) is 5.39. The van der Waals surface area contributed by atoms with Crippen LogP contribution in [0.25, 0.3) is 0 Å². The Bertz CT molecular complexity index is 433. The molecule has 0 aliphatic heterocycles. The molecule has 0 saturated carbocycles. The van der Waals surface area contributed by atoms with Crippen LogP contribution in [0, 0.1) is 0 Å². The minimum Gasteiger partial charge on any atom is -0.507 e. The molecule has 0 aliphatic carbocycles. The third-order valence-corrected chi connectivity index (χ3v) is 2.20. The third-order valence-electron chi connectivity index (χ3n) is 2.01. The van der Waals surface area contributed by atoms with Crippen molar-refractivity contribution >= 4 is 29.2 Å². The molecule has 92 valence electrons. The lowest BCUT2D eigenvalue weighted by atomic mass is 10.1. The van der Waals surface area contributed by atoms with Crippen LogP contribution in [0.2, 0.25) is 0 Å². The summed E-state index contributed by atoms with van der Waals surface area (Å²) in [7, 11) is 1.21. The lowest BCUT2D eigenvalue weighted by molar-refractivity contribution is -0.115. The van der Waals surface area contributed by atoms with E-state index in [4.69, 9.17) is 11.6 Å². The third kappa shape index (κ3) is 3.64. The first-order valence-electron chi connectivity index (χ1n) is 4.85. The van der Waals surface area contributed by atoms with Gasteiger partial charge < -0.3 is 15.2 Å². The summed E-state index contributed by atoms with van der Waals surface area (Å²) in [5.74, 6) is -0.919. The van der Waals surface area contributed by atoms with Crippen LogP contribution < -0.4 is 5.32 Å². The van der Waals surface area contributed by atoms with Gasteiger partial charge in [-0.3, -0.25) is 4.79 Å². The van der Waals surface area contributed by atoms with Gasteiger partial charge in [-0.15, -0.1) is 11.6 Å². The zero-order valence-corrected chi connectivity index (χ0v) is 9.95.